The fourth-order valence-electron chi connectivity index (χ4n) is 3.16. The summed E-state index contributed by atoms with van der Waals surface area (Å²) in [6.45, 7) is 10.4. The lowest BCUT2D eigenvalue weighted by molar-refractivity contribution is 0.0474. The van der Waals surface area contributed by atoms with Gasteiger partial charge in [-0.25, -0.2) is 9.78 Å². The van der Waals surface area contributed by atoms with E-state index in [9.17, 15) is 4.79 Å². The summed E-state index contributed by atoms with van der Waals surface area (Å²) in [4.78, 5) is 20.7. The average molecular weight is 420 g/mol. The third-order valence-corrected chi connectivity index (χ3v) is 4.64. The highest BCUT2D eigenvalue weighted by atomic mass is 16.6. The minimum Gasteiger partial charge on any atom is -0.474 e. The molecule has 0 aromatic carbocycles. The Morgan fingerprint density at radius 3 is 2.53 bits per heavy atom. The molecule has 2 rings (SSSR count). The van der Waals surface area contributed by atoms with Crippen molar-refractivity contribution in [2.24, 2.45) is 4.99 Å². The quantitative estimate of drug-likeness (QED) is 0.463. The van der Waals surface area contributed by atoms with Crippen molar-refractivity contribution in [3.8, 4) is 5.88 Å². The minimum absolute atomic E-state index is 0.260. The van der Waals surface area contributed by atoms with Crippen LogP contribution in [0.3, 0.4) is 0 Å². The molecule has 30 heavy (non-hydrogen) atoms. The molecule has 1 aromatic rings. The van der Waals surface area contributed by atoms with Crippen molar-refractivity contribution in [3.63, 3.8) is 0 Å². The van der Waals surface area contributed by atoms with Crippen molar-refractivity contribution in [2.45, 2.75) is 84.1 Å². The summed E-state index contributed by atoms with van der Waals surface area (Å²) in [5, 5.41) is 9.42. The van der Waals surface area contributed by atoms with Crippen molar-refractivity contribution in [2.75, 3.05) is 13.6 Å². The van der Waals surface area contributed by atoms with E-state index in [-0.39, 0.29) is 6.10 Å². The normalized spacial score (nSPS) is 15.6. The maximum Gasteiger partial charge on any atom is 0.408 e. The van der Waals surface area contributed by atoms with Crippen molar-refractivity contribution in [1.82, 2.24) is 20.9 Å². The molecule has 8 nitrogen and oxygen atoms in total. The zero-order chi connectivity index (χ0) is 22.2. The SMILES string of the molecule is CN=C(NCc1cccnc1OC1CCCC1)NCC(C)(C)NC(=O)OC(C)(C)C. The van der Waals surface area contributed by atoms with Gasteiger partial charge in [0.2, 0.25) is 5.88 Å². The van der Waals surface area contributed by atoms with Crippen LogP contribution in [0.5, 0.6) is 5.88 Å². The summed E-state index contributed by atoms with van der Waals surface area (Å²) in [5.74, 6) is 1.31. The van der Waals surface area contributed by atoms with E-state index in [1.165, 1.54) is 12.8 Å². The number of guanidine groups is 1. The predicted octanol–water partition coefficient (Wildman–Crippen LogP) is 3.37. The molecule has 0 aliphatic heterocycles. The highest BCUT2D eigenvalue weighted by Gasteiger charge is 2.25. The van der Waals surface area contributed by atoms with Crippen molar-refractivity contribution >= 4 is 12.1 Å². The molecule has 1 amide bonds. The Balaban J connectivity index is 1.85. The van der Waals surface area contributed by atoms with E-state index in [1.807, 2.05) is 46.8 Å². The first-order valence-electron chi connectivity index (χ1n) is 10.6. The number of amides is 1. The number of aromatic nitrogens is 1. The molecule has 1 saturated carbocycles. The molecule has 1 aliphatic carbocycles. The van der Waals surface area contributed by atoms with Crippen molar-refractivity contribution in [3.05, 3.63) is 23.9 Å². The number of aliphatic imine (C=N–C) groups is 1. The van der Waals surface area contributed by atoms with E-state index < -0.39 is 17.2 Å². The summed E-state index contributed by atoms with van der Waals surface area (Å²) in [5.41, 5.74) is -0.0726. The Labute approximate surface area is 180 Å². The summed E-state index contributed by atoms with van der Waals surface area (Å²) in [6, 6.07) is 3.91. The molecular weight excluding hydrogens is 382 g/mol. The largest absolute Gasteiger partial charge is 0.474 e. The van der Waals surface area contributed by atoms with Crippen LogP contribution in [0.1, 0.15) is 65.9 Å². The minimum atomic E-state index is -0.535. The van der Waals surface area contributed by atoms with E-state index in [1.54, 1.807) is 13.2 Å². The van der Waals surface area contributed by atoms with Gasteiger partial charge in [-0.1, -0.05) is 6.07 Å². The Morgan fingerprint density at radius 1 is 1.20 bits per heavy atom. The highest BCUT2D eigenvalue weighted by molar-refractivity contribution is 5.79. The topological polar surface area (TPSA) is 96.9 Å². The van der Waals surface area contributed by atoms with Crippen LogP contribution in [0.4, 0.5) is 4.79 Å². The standard InChI is InChI=1S/C22H37N5O3/c1-21(2,3)30-20(28)27-22(4,5)15-26-19(23-6)25-14-16-10-9-13-24-18(16)29-17-11-7-8-12-17/h9-10,13,17H,7-8,11-12,14-15H2,1-6H3,(H,27,28)(H2,23,25,26). The fraction of sp³-hybridized carbons (Fsp3) is 0.682. The zero-order valence-electron chi connectivity index (χ0n) is 19.2. The smallest absolute Gasteiger partial charge is 0.408 e. The molecular formula is C22H37N5O3. The molecule has 0 unspecified atom stereocenters. The Hall–Kier alpha value is -2.51. The first kappa shape index (κ1) is 23.8. The van der Waals surface area contributed by atoms with Crippen LogP contribution in [0.15, 0.2) is 23.3 Å². The van der Waals surface area contributed by atoms with Gasteiger partial charge in [0, 0.05) is 31.9 Å². The van der Waals surface area contributed by atoms with Crippen LogP contribution in [0.2, 0.25) is 0 Å². The average Bonchev–Trinajstić information content (AvgIpc) is 3.14. The van der Waals surface area contributed by atoms with Gasteiger partial charge in [-0.05, 0) is 66.4 Å². The molecule has 0 saturated heterocycles. The van der Waals surface area contributed by atoms with Gasteiger partial charge in [-0.15, -0.1) is 0 Å². The van der Waals surface area contributed by atoms with Crippen LogP contribution in [-0.4, -0.2) is 47.9 Å². The zero-order valence-corrected chi connectivity index (χ0v) is 19.2. The van der Waals surface area contributed by atoms with Crippen molar-refractivity contribution < 1.29 is 14.3 Å². The Kier molecular flexibility index (Phi) is 8.32. The molecule has 1 fully saturated rings. The maximum atomic E-state index is 12.1. The van der Waals surface area contributed by atoms with Crippen LogP contribution >= 0.6 is 0 Å². The maximum absolute atomic E-state index is 12.1. The van der Waals surface area contributed by atoms with Crippen LogP contribution in [0, 0.1) is 0 Å². The number of ether oxygens (including phenoxy) is 2. The second-order valence-corrected chi connectivity index (χ2v) is 9.28. The molecule has 3 N–H and O–H groups in total. The van der Waals surface area contributed by atoms with Crippen LogP contribution in [-0.2, 0) is 11.3 Å². The number of nitrogens with one attached hydrogen (secondary N) is 3. The van der Waals surface area contributed by atoms with Gasteiger partial charge in [0.25, 0.3) is 0 Å². The van der Waals surface area contributed by atoms with E-state index in [0.717, 1.165) is 18.4 Å². The van der Waals surface area contributed by atoms with Gasteiger partial charge in [0.05, 0.1) is 5.54 Å². The summed E-state index contributed by atoms with van der Waals surface area (Å²) >= 11 is 0. The van der Waals surface area contributed by atoms with Gasteiger partial charge in [0.1, 0.15) is 11.7 Å². The number of carbonyl (C=O) groups excluding carboxylic acids is 1. The fourth-order valence-corrected chi connectivity index (χ4v) is 3.16. The van der Waals surface area contributed by atoms with Gasteiger partial charge >= 0.3 is 6.09 Å². The first-order chi connectivity index (χ1) is 14.1. The summed E-state index contributed by atoms with van der Waals surface area (Å²) in [6.07, 6.45) is 6.19. The van der Waals surface area contributed by atoms with Gasteiger partial charge in [0.15, 0.2) is 5.96 Å². The molecule has 8 heteroatoms. The lowest BCUT2D eigenvalue weighted by Gasteiger charge is -2.29. The van der Waals surface area contributed by atoms with Crippen molar-refractivity contribution in [1.29, 1.82) is 0 Å². The second kappa shape index (κ2) is 10.5. The Bertz CT molecular complexity index is 722. The molecule has 0 bridgehead atoms. The predicted molar refractivity (Wildman–Crippen MR) is 119 cm³/mol. The molecule has 168 valence electrons. The Morgan fingerprint density at radius 2 is 1.90 bits per heavy atom. The number of hydrogen-bond acceptors (Lipinski definition) is 5. The molecule has 0 atom stereocenters. The number of alkyl carbamates (subject to hydrolysis) is 1. The van der Waals surface area contributed by atoms with Crippen LogP contribution < -0.4 is 20.7 Å². The molecule has 0 spiro atoms. The number of nitrogens with zero attached hydrogens (tertiary/aromatic N) is 2. The number of hydrogen-bond donors (Lipinski definition) is 3. The number of carbonyl (C=O) groups is 1. The monoisotopic (exact) mass is 419 g/mol. The highest BCUT2D eigenvalue weighted by Crippen LogP contribution is 2.24. The summed E-state index contributed by atoms with van der Waals surface area (Å²) in [7, 11) is 1.71. The lowest BCUT2D eigenvalue weighted by atomic mass is 10.1. The molecule has 1 aromatic heterocycles. The van der Waals surface area contributed by atoms with E-state index >= 15 is 0 Å². The summed E-state index contributed by atoms with van der Waals surface area (Å²) < 4.78 is 11.4. The van der Waals surface area contributed by atoms with Gasteiger partial charge < -0.3 is 25.4 Å². The lowest BCUT2D eigenvalue weighted by Crippen LogP contribution is -2.54. The third kappa shape index (κ3) is 8.47. The second-order valence-electron chi connectivity index (χ2n) is 9.28. The van der Waals surface area contributed by atoms with Gasteiger partial charge in [-0.2, -0.15) is 0 Å². The third-order valence-electron chi connectivity index (χ3n) is 4.64. The molecule has 0 radical (unpaired) electrons. The molecule has 1 heterocycles. The molecule has 1 aliphatic rings. The first-order valence-corrected chi connectivity index (χ1v) is 10.6. The van der Waals surface area contributed by atoms with Gasteiger partial charge in [-0.3, -0.25) is 4.99 Å². The van der Waals surface area contributed by atoms with E-state index in [4.69, 9.17) is 9.47 Å². The number of pyridine rings is 1. The van der Waals surface area contributed by atoms with E-state index in [2.05, 4.69) is 25.9 Å². The van der Waals surface area contributed by atoms with E-state index in [0.29, 0.717) is 24.9 Å². The number of rotatable bonds is 7. The van der Waals surface area contributed by atoms with Crippen LogP contribution in [0.25, 0.3) is 0 Å².